The molecule has 0 bridgehead atoms. The minimum Gasteiger partial charge on any atom is -0.393 e. The van der Waals surface area contributed by atoms with E-state index in [4.69, 9.17) is 5.53 Å². The zero-order valence-electron chi connectivity index (χ0n) is 11.2. The Morgan fingerprint density at radius 2 is 1.95 bits per heavy atom. The van der Waals surface area contributed by atoms with E-state index >= 15 is 0 Å². The molecule has 0 heterocycles. The summed E-state index contributed by atoms with van der Waals surface area (Å²) in [4.78, 5) is 36.3. The number of carbonyl (C=O) groups excluding carboxylic acids is 2. The topological polar surface area (TPSA) is 134 Å². The van der Waals surface area contributed by atoms with Crippen molar-refractivity contribution in [1.82, 2.24) is 0 Å². The van der Waals surface area contributed by atoms with Gasteiger partial charge in [-0.2, -0.15) is 4.79 Å². The number of aliphatic hydroxyl groups excluding tert-OH is 1. The molecule has 0 aliphatic rings. The Hall–Kier alpha value is -2.70. The Balaban J connectivity index is 2.97. The summed E-state index contributed by atoms with van der Waals surface area (Å²) in [7, 11) is 0. The van der Waals surface area contributed by atoms with Crippen LogP contribution in [0, 0.1) is 10.1 Å². The molecule has 0 saturated carbocycles. The average molecular weight is 291 g/mol. The Kier molecular flexibility index (Phi) is 5.59. The second-order valence-corrected chi connectivity index (χ2v) is 4.27. The summed E-state index contributed by atoms with van der Waals surface area (Å²) in [5.74, 6) is -1.66. The van der Waals surface area contributed by atoms with E-state index in [1.54, 1.807) is 6.92 Å². The number of hydrogen-bond donors (Lipinski definition) is 1. The standard InChI is InChI=1S/C13H13N3O5/c1-2-10(17)7-11(18)12(15-14)13(19)8-3-5-9(6-4-8)16(20)21/h3-6,10,17H,2,7H2,1H3. The van der Waals surface area contributed by atoms with Gasteiger partial charge in [0.2, 0.25) is 0 Å². The number of ketones is 2. The lowest BCUT2D eigenvalue weighted by Gasteiger charge is -2.03. The van der Waals surface area contributed by atoms with Crippen molar-refractivity contribution in [3.8, 4) is 0 Å². The predicted octanol–water partition coefficient (Wildman–Crippen LogP) is 1.18. The van der Waals surface area contributed by atoms with E-state index in [9.17, 15) is 24.8 Å². The summed E-state index contributed by atoms with van der Waals surface area (Å²) in [6.45, 7) is 1.66. The molecule has 0 saturated heterocycles. The Morgan fingerprint density at radius 3 is 2.38 bits per heavy atom. The highest BCUT2D eigenvalue weighted by atomic mass is 16.6. The van der Waals surface area contributed by atoms with Crippen LogP contribution in [0.1, 0.15) is 30.1 Å². The fraction of sp³-hybridized carbons (Fsp3) is 0.308. The monoisotopic (exact) mass is 291 g/mol. The van der Waals surface area contributed by atoms with Crippen LogP contribution in [0.4, 0.5) is 5.69 Å². The second kappa shape index (κ2) is 7.18. The number of aliphatic hydroxyl groups is 1. The Labute approximate surface area is 119 Å². The first-order chi connectivity index (χ1) is 9.90. The molecule has 0 fully saturated rings. The highest BCUT2D eigenvalue weighted by Gasteiger charge is 2.31. The van der Waals surface area contributed by atoms with Crippen LogP contribution in [-0.4, -0.2) is 38.2 Å². The van der Waals surface area contributed by atoms with Crippen molar-refractivity contribution in [2.24, 2.45) is 0 Å². The van der Waals surface area contributed by atoms with Gasteiger partial charge in [-0.1, -0.05) is 6.92 Å². The third-order valence-electron chi connectivity index (χ3n) is 2.81. The van der Waals surface area contributed by atoms with E-state index in [2.05, 4.69) is 4.79 Å². The summed E-state index contributed by atoms with van der Waals surface area (Å²) in [5.41, 5.74) is 7.87. The van der Waals surface area contributed by atoms with E-state index in [0.29, 0.717) is 6.42 Å². The lowest BCUT2D eigenvalue weighted by atomic mass is 10.00. The third-order valence-corrected chi connectivity index (χ3v) is 2.81. The van der Waals surface area contributed by atoms with Crippen LogP contribution in [0.25, 0.3) is 5.53 Å². The van der Waals surface area contributed by atoms with Crippen LogP contribution in [0.3, 0.4) is 0 Å². The molecule has 1 N–H and O–H groups in total. The van der Waals surface area contributed by atoms with Gasteiger partial charge in [-0.05, 0) is 18.6 Å². The molecule has 21 heavy (non-hydrogen) atoms. The van der Waals surface area contributed by atoms with Crippen LogP contribution in [0.15, 0.2) is 24.3 Å². The van der Waals surface area contributed by atoms with E-state index in [1.807, 2.05) is 0 Å². The van der Waals surface area contributed by atoms with E-state index in [0.717, 1.165) is 24.3 Å². The quantitative estimate of drug-likeness (QED) is 0.153. The van der Waals surface area contributed by atoms with Gasteiger partial charge >= 0.3 is 5.71 Å². The van der Waals surface area contributed by atoms with Gasteiger partial charge in [0.05, 0.1) is 11.0 Å². The second-order valence-electron chi connectivity index (χ2n) is 4.27. The smallest absolute Gasteiger partial charge is 0.393 e. The van der Waals surface area contributed by atoms with Crippen molar-refractivity contribution in [3.63, 3.8) is 0 Å². The zero-order valence-corrected chi connectivity index (χ0v) is 11.2. The molecule has 0 aliphatic heterocycles. The van der Waals surface area contributed by atoms with Gasteiger partial charge in [0, 0.05) is 24.1 Å². The lowest BCUT2D eigenvalue weighted by molar-refractivity contribution is -0.384. The number of Topliss-reactive ketones (excluding diaryl/α,β-unsaturated/α-hetero) is 2. The molecule has 0 radical (unpaired) electrons. The van der Waals surface area contributed by atoms with Crippen molar-refractivity contribution in [2.75, 3.05) is 0 Å². The van der Waals surface area contributed by atoms with Gasteiger partial charge < -0.3 is 10.6 Å². The number of nitrogens with zero attached hydrogens (tertiary/aromatic N) is 3. The fourth-order valence-electron chi connectivity index (χ4n) is 1.55. The van der Waals surface area contributed by atoms with Crippen LogP contribution in [0.2, 0.25) is 0 Å². The molecule has 1 aromatic carbocycles. The molecule has 1 aromatic rings. The first-order valence-corrected chi connectivity index (χ1v) is 6.13. The van der Waals surface area contributed by atoms with Crippen molar-refractivity contribution in [1.29, 1.82) is 0 Å². The SMILES string of the molecule is CCC(O)CC(=O)C(=[N+]=[N-])C(=O)c1ccc([N+](=O)[O-])cc1. The normalized spacial score (nSPS) is 11.3. The maximum Gasteiger partial charge on any atom is 0.405 e. The van der Waals surface area contributed by atoms with Crippen LogP contribution >= 0.6 is 0 Å². The summed E-state index contributed by atoms with van der Waals surface area (Å²) < 4.78 is 0. The van der Waals surface area contributed by atoms with E-state index in [1.165, 1.54) is 0 Å². The lowest BCUT2D eigenvalue weighted by Crippen LogP contribution is -2.28. The number of rotatable bonds is 7. The summed E-state index contributed by atoms with van der Waals surface area (Å²) in [5, 5.41) is 19.9. The number of carbonyl (C=O) groups is 2. The van der Waals surface area contributed by atoms with Gasteiger partial charge in [0.1, 0.15) is 0 Å². The largest absolute Gasteiger partial charge is 0.405 e. The number of hydrogen-bond acceptors (Lipinski definition) is 5. The number of nitro groups is 1. The molecule has 0 spiro atoms. The molecular weight excluding hydrogens is 278 g/mol. The molecule has 1 unspecified atom stereocenters. The molecule has 0 aromatic heterocycles. The van der Waals surface area contributed by atoms with Gasteiger partial charge in [0.25, 0.3) is 17.3 Å². The Morgan fingerprint density at radius 1 is 1.38 bits per heavy atom. The van der Waals surface area contributed by atoms with Crippen molar-refractivity contribution in [3.05, 3.63) is 45.5 Å². The first-order valence-electron chi connectivity index (χ1n) is 6.13. The molecular formula is C13H13N3O5. The maximum atomic E-state index is 12.0. The van der Waals surface area contributed by atoms with Gasteiger partial charge in [0.15, 0.2) is 0 Å². The van der Waals surface area contributed by atoms with Gasteiger partial charge in [-0.25, -0.2) is 0 Å². The van der Waals surface area contributed by atoms with Crippen molar-refractivity contribution >= 4 is 23.0 Å². The highest BCUT2D eigenvalue weighted by molar-refractivity contribution is 6.67. The summed E-state index contributed by atoms with van der Waals surface area (Å²) in [6, 6.07) is 4.53. The summed E-state index contributed by atoms with van der Waals surface area (Å²) in [6.07, 6.45) is -0.955. The van der Waals surface area contributed by atoms with Gasteiger partial charge in [-0.15, -0.1) is 0 Å². The molecule has 8 heteroatoms. The van der Waals surface area contributed by atoms with Crippen LogP contribution in [0.5, 0.6) is 0 Å². The van der Waals surface area contributed by atoms with Crippen molar-refractivity contribution in [2.45, 2.75) is 25.9 Å². The number of nitro benzene ring substituents is 1. The highest BCUT2D eigenvalue weighted by Crippen LogP contribution is 2.13. The number of benzene rings is 1. The molecule has 1 rings (SSSR count). The minimum atomic E-state index is -0.932. The molecule has 1 atom stereocenters. The van der Waals surface area contributed by atoms with E-state index < -0.39 is 28.3 Å². The minimum absolute atomic E-state index is 0.0206. The molecule has 110 valence electrons. The van der Waals surface area contributed by atoms with Crippen molar-refractivity contribution < 1.29 is 24.4 Å². The van der Waals surface area contributed by atoms with Crippen LogP contribution in [-0.2, 0) is 4.79 Å². The average Bonchev–Trinajstić information content (AvgIpc) is 2.47. The molecule has 0 aliphatic carbocycles. The Bertz CT molecular complexity index is 617. The first kappa shape index (κ1) is 16.4. The predicted molar refractivity (Wildman–Crippen MR) is 72.0 cm³/mol. The molecule has 0 amide bonds. The zero-order chi connectivity index (χ0) is 16.0. The van der Waals surface area contributed by atoms with Gasteiger partial charge in [-0.3, -0.25) is 19.7 Å². The maximum absolute atomic E-state index is 12.0. The summed E-state index contributed by atoms with van der Waals surface area (Å²) >= 11 is 0. The van der Waals surface area contributed by atoms with E-state index in [-0.39, 0.29) is 17.7 Å². The van der Waals surface area contributed by atoms with Crippen LogP contribution < -0.4 is 0 Å². The third kappa shape index (κ3) is 4.13. The fourth-order valence-corrected chi connectivity index (χ4v) is 1.55. The number of non-ortho nitro benzene ring substituents is 1. The molecule has 8 nitrogen and oxygen atoms in total.